The molecule has 4 heteroatoms. The molecule has 0 saturated carbocycles. The Balaban J connectivity index is 1.99. The molecule has 0 radical (unpaired) electrons. The number of rotatable bonds is 3. The van der Waals surface area contributed by atoms with Crippen LogP contribution in [0.25, 0.3) is 5.69 Å². The summed E-state index contributed by atoms with van der Waals surface area (Å²) in [6.07, 6.45) is 0.996. The third-order valence-corrected chi connectivity index (χ3v) is 3.67. The summed E-state index contributed by atoms with van der Waals surface area (Å²) in [5.74, 6) is 0. The average molecular weight is 329 g/mol. The fourth-order valence-corrected chi connectivity index (χ4v) is 2.39. The molecular formula is C16H13BrN2O. The lowest BCUT2D eigenvalue weighted by molar-refractivity contribution is 0.212. The van der Waals surface area contributed by atoms with Crippen molar-refractivity contribution < 1.29 is 5.11 Å². The van der Waals surface area contributed by atoms with Crippen LogP contribution in [0.1, 0.15) is 17.4 Å². The zero-order valence-corrected chi connectivity index (χ0v) is 12.2. The molecule has 20 heavy (non-hydrogen) atoms. The smallest absolute Gasteiger partial charge is 0.121 e. The minimum absolute atomic E-state index is 0.703. The van der Waals surface area contributed by atoms with Gasteiger partial charge in [-0.3, -0.25) is 0 Å². The molecule has 0 spiro atoms. The Morgan fingerprint density at radius 3 is 2.35 bits per heavy atom. The van der Waals surface area contributed by atoms with Gasteiger partial charge in [0, 0.05) is 10.7 Å². The van der Waals surface area contributed by atoms with Gasteiger partial charge >= 0.3 is 0 Å². The first-order valence-corrected chi connectivity index (χ1v) is 7.08. The SMILES string of the molecule is OC(c1ccc(Br)cc1)c1ccnn1-c1ccccc1. The molecule has 3 aromatic rings. The first-order valence-electron chi connectivity index (χ1n) is 6.28. The maximum Gasteiger partial charge on any atom is 0.121 e. The molecule has 1 unspecified atom stereocenters. The van der Waals surface area contributed by atoms with Gasteiger partial charge < -0.3 is 5.11 Å². The van der Waals surface area contributed by atoms with Gasteiger partial charge in [0.1, 0.15) is 6.10 Å². The average Bonchev–Trinajstić information content (AvgIpc) is 2.97. The summed E-state index contributed by atoms with van der Waals surface area (Å²) < 4.78 is 2.75. The number of hydrogen-bond acceptors (Lipinski definition) is 2. The summed E-state index contributed by atoms with van der Waals surface area (Å²) in [5.41, 5.74) is 2.52. The molecule has 1 atom stereocenters. The van der Waals surface area contributed by atoms with E-state index in [2.05, 4.69) is 21.0 Å². The molecule has 3 nitrogen and oxygen atoms in total. The maximum atomic E-state index is 10.5. The number of benzene rings is 2. The third kappa shape index (κ3) is 2.53. The predicted octanol–water partition coefficient (Wildman–Crippen LogP) is 3.72. The van der Waals surface area contributed by atoms with E-state index in [-0.39, 0.29) is 0 Å². The van der Waals surface area contributed by atoms with Crippen molar-refractivity contribution in [2.75, 3.05) is 0 Å². The van der Waals surface area contributed by atoms with Crippen LogP contribution in [0.3, 0.4) is 0 Å². The fraction of sp³-hybridized carbons (Fsp3) is 0.0625. The van der Waals surface area contributed by atoms with Crippen molar-refractivity contribution in [2.24, 2.45) is 0 Å². The summed E-state index contributed by atoms with van der Waals surface area (Å²) in [4.78, 5) is 0. The molecule has 100 valence electrons. The molecule has 0 aliphatic carbocycles. The Kier molecular flexibility index (Phi) is 3.67. The highest BCUT2D eigenvalue weighted by atomic mass is 79.9. The van der Waals surface area contributed by atoms with Crippen molar-refractivity contribution in [1.29, 1.82) is 0 Å². The van der Waals surface area contributed by atoms with Crippen LogP contribution in [-0.4, -0.2) is 14.9 Å². The quantitative estimate of drug-likeness (QED) is 0.795. The summed E-state index contributed by atoms with van der Waals surface area (Å²) in [6, 6.07) is 19.3. The predicted molar refractivity (Wildman–Crippen MR) is 81.8 cm³/mol. The van der Waals surface area contributed by atoms with Crippen LogP contribution in [-0.2, 0) is 0 Å². The van der Waals surface area contributed by atoms with Crippen molar-refractivity contribution in [1.82, 2.24) is 9.78 Å². The molecule has 1 aromatic heterocycles. The van der Waals surface area contributed by atoms with Crippen LogP contribution in [0.15, 0.2) is 71.3 Å². The first-order chi connectivity index (χ1) is 9.75. The van der Waals surface area contributed by atoms with E-state index >= 15 is 0 Å². The van der Waals surface area contributed by atoms with Crippen LogP contribution in [0.2, 0.25) is 0 Å². The van der Waals surface area contributed by atoms with Gasteiger partial charge in [-0.2, -0.15) is 5.10 Å². The Labute approximate surface area is 125 Å². The molecule has 3 rings (SSSR count). The van der Waals surface area contributed by atoms with Gasteiger partial charge in [0.05, 0.1) is 11.4 Å². The zero-order chi connectivity index (χ0) is 13.9. The molecule has 1 N–H and O–H groups in total. The molecule has 0 aliphatic rings. The van der Waals surface area contributed by atoms with Gasteiger partial charge in [-0.05, 0) is 35.9 Å². The monoisotopic (exact) mass is 328 g/mol. The van der Waals surface area contributed by atoms with Gasteiger partial charge in [0.2, 0.25) is 0 Å². The van der Waals surface area contributed by atoms with Crippen LogP contribution in [0.5, 0.6) is 0 Å². The van der Waals surface area contributed by atoms with E-state index in [1.165, 1.54) is 0 Å². The van der Waals surface area contributed by atoms with Gasteiger partial charge in [-0.1, -0.05) is 46.3 Å². The Morgan fingerprint density at radius 2 is 1.65 bits per heavy atom. The van der Waals surface area contributed by atoms with Gasteiger partial charge in [-0.25, -0.2) is 4.68 Å². The largest absolute Gasteiger partial charge is 0.382 e. The maximum absolute atomic E-state index is 10.5. The van der Waals surface area contributed by atoms with Gasteiger partial charge in [0.25, 0.3) is 0 Å². The minimum Gasteiger partial charge on any atom is -0.382 e. The van der Waals surface area contributed by atoms with E-state index in [4.69, 9.17) is 0 Å². The van der Waals surface area contributed by atoms with E-state index in [1.54, 1.807) is 10.9 Å². The second-order valence-corrected chi connectivity index (χ2v) is 5.37. The lowest BCUT2D eigenvalue weighted by atomic mass is 10.1. The normalized spacial score (nSPS) is 12.3. The molecule has 0 saturated heterocycles. The summed E-state index contributed by atoms with van der Waals surface area (Å²) in [7, 11) is 0. The zero-order valence-electron chi connectivity index (χ0n) is 10.6. The van der Waals surface area contributed by atoms with E-state index in [1.807, 2.05) is 60.7 Å². The van der Waals surface area contributed by atoms with Crippen molar-refractivity contribution in [3.8, 4) is 5.69 Å². The van der Waals surface area contributed by atoms with Crippen molar-refractivity contribution in [3.63, 3.8) is 0 Å². The number of hydrogen-bond donors (Lipinski definition) is 1. The second kappa shape index (κ2) is 5.61. The lowest BCUT2D eigenvalue weighted by Gasteiger charge is -2.14. The number of para-hydroxylation sites is 1. The Morgan fingerprint density at radius 1 is 0.950 bits per heavy atom. The van der Waals surface area contributed by atoms with E-state index in [0.717, 1.165) is 21.4 Å². The molecule has 0 aliphatic heterocycles. The highest BCUT2D eigenvalue weighted by Crippen LogP contribution is 2.25. The van der Waals surface area contributed by atoms with Gasteiger partial charge in [0.15, 0.2) is 0 Å². The first kappa shape index (κ1) is 13.1. The van der Waals surface area contributed by atoms with E-state index in [0.29, 0.717) is 0 Å². The summed E-state index contributed by atoms with van der Waals surface area (Å²) >= 11 is 3.40. The lowest BCUT2D eigenvalue weighted by Crippen LogP contribution is -2.08. The number of aliphatic hydroxyl groups is 1. The van der Waals surface area contributed by atoms with Crippen LogP contribution in [0.4, 0.5) is 0 Å². The number of halogens is 1. The van der Waals surface area contributed by atoms with Crippen LogP contribution >= 0.6 is 15.9 Å². The molecule has 2 aromatic carbocycles. The molecule has 0 bridgehead atoms. The standard InChI is InChI=1S/C16H13BrN2O/c17-13-8-6-12(7-9-13)16(20)15-10-11-18-19(15)14-4-2-1-3-5-14/h1-11,16,20H. The highest BCUT2D eigenvalue weighted by molar-refractivity contribution is 9.10. The summed E-state index contributed by atoms with van der Waals surface area (Å²) in [6.45, 7) is 0. The topological polar surface area (TPSA) is 38.1 Å². The Bertz CT molecular complexity index is 692. The molecular weight excluding hydrogens is 316 g/mol. The van der Waals surface area contributed by atoms with E-state index in [9.17, 15) is 5.11 Å². The molecule has 1 heterocycles. The highest BCUT2D eigenvalue weighted by Gasteiger charge is 2.16. The second-order valence-electron chi connectivity index (χ2n) is 4.46. The minimum atomic E-state index is -0.703. The fourth-order valence-electron chi connectivity index (χ4n) is 2.12. The number of aliphatic hydroxyl groups excluding tert-OH is 1. The van der Waals surface area contributed by atoms with Crippen LogP contribution in [0, 0.1) is 0 Å². The van der Waals surface area contributed by atoms with E-state index < -0.39 is 6.10 Å². The van der Waals surface area contributed by atoms with Crippen molar-refractivity contribution in [3.05, 3.63) is 82.6 Å². The molecule has 0 fully saturated rings. The summed E-state index contributed by atoms with van der Waals surface area (Å²) in [5, 5.41) is 14.8. The van der Waals surface area contributed by atoms with Crippen molar-refractivity contribution in [2.45, 2.75) is 6.10 Å². The third-order valence-electron chi connectivity index (χ3n) is 3.14. The number of nitrogens with zero attached hydrogens (tertiary/aromatic N) is 2. The molecule has 0 amide bonds. The van der Waals surface area contributed by atoms with Crippen molar-refractivity contribution >= 4 is 15.9 Å². The van der Waals surface area contributed by atoms with Gasteiger partial charge in [-0.15, -0.1) is 0 Å². The number of aromatic nitrogens is 2. The van der Waals surface area contributed by atoms with Crippen LogP contribution < -0.4 is 0 Å². The Hall–Kier alpha value is -1.91.